The van der Waals surface area contributed by atoms with Crippen molar-refractivity contribution in [1.82, 2.24) is 19.2 Å². The molecule has 5 aromatic rings. The molecule has 7 nitrogen and oxygen atoms in total. The first-order valence-corrected chi connectivity index (χ1v) is 12.5. The number of benzene rings is 2. The van der Waals surface area contributed by atoms with Crippen molar-refractivity contribution < 1.29 is 13.6 Å². The third-order valence-electron chi connectivity index (χ3n) is 6.97. The zero-order chi connectivity index (χ0) is 26.3. The Balaban J connectivity index is 1.24. The van der Waals surface area contributed by atoms with Gasteiger partial charge in [0.1, 0.15) is 5.65 Å². The van der Waals surface area contributed by atoms with Crippen molar-refractivity contribution in [2.45, 2.75) is 25.7 Å². The molecule has 192 valence electrons. The van der Waals surface area contributed by atoms with Crippen LogP contribution in [0, 0.1) is 6.92 Å². The van der Waals surface area contributed by atoms with Crippen molar-refractivity contribution in [3.05, 3.63) is 96.6 Å². The monoisotopic (exact) mass is 512 g/mol. The van der Waals surface area contributed by atoms with Gasteiger partial charge in [-0.3, -0.25) is 14.3 Å². The Morgan fingerprint density at radius 3 is 2.63 bits per heavy atom. The molecule has 0 bridgehead atoms. The highest BCUT2D eigenvalue weighted by Crippen LogP contribution is 2.31. The van der Waals surface area contributed by atoms with Crippen LogP contribution in [0.1, 0.15) is 28.8 Å². The number of nitrogens with one attached hydrogen (secondary N) is 1. The summed E-state index contributed by atoms with van der Waals surface area (Å²) in [7, 11) is 0. The zero-order valence-electron chi connectivity index (χ0n) is 20.8. The van der Waals surface area contributed by atoms with Crippen LogP contribution in [0.5, 0.6) is 0 Å². The number of fused-ring (bicyclic) bond motifs is 1. The number of halogens is 2. The minimum atomic E-state index is -2.61. The zero-order valence-corrected chi connectivity index (χ0v) is 20.8. The standard InChI is InChI=1S/C29H26F2N6O/c1-20-7-8-23(33-28(38)21-4-2-6-24(16-21)35-12-9-29(30,31)10-13-35)17-26(20)36-14-15-37-27(36)18-25(34-37)22-5-3-11-32-19-22/h2-8,11,14-19H,9-10,12-13H2,1H3,(H,33,38). The quantitative estimate of drug-likeness (QED) is 0.315. The van der Waals surface area contributed by atoms with Gasteiger partial charge in [-0.1, -0.05) is 12.1 Å². The first kappa shape index (κ1) is 23.8. The Labute approximate surface area is 218 Å². The Morgan fingerprint density at radius 1 is 1.00 bits per heavy atom. The molecular weight excluding hydrogens is 486 g/mol. The van der Waals surface area contributed by atoms with Crippen LogP contribution in [0.2, 0.25) is 0 Å². The molecular formula is C29H26F2N6O. The van der Waals surface area contributed by atoms with Crippen LogP contribution in [0.15, 0.2) is 85.5 Å². The average molecular weight is 513 g/mol. The summed E-state index contributed by atoms with van der Waals surface area (Å²) in [4.78, 5) is 19.2. The fourth-order valence-corrected chi connectivity index (χ4v) is 4.83. The van der Waals surface area contributed by atoms with E-state index < -0.39 is 5.92 Å². The second-order valence-electron chi connectivity index (χ2n) is 9.59. The van der Waals surface area contributed by atoms with Crippen molar-refractivity contribution in [3.8, 4) is 16.9 Å². The van der Waals surface area contributed by atoms with Crippen LogP contribution >= 0.6 is 0 Å². The number of carbonyl (C=O) groups is 1. The maximum absolute atomic E-state index is 13.6. The molecule has 0 aliphatic carbocycles. The molecule has 9 heteroatoms. The molecule has 1 saturated heterocycles. The van der Waals surface area contributed by atoms with Gasteiger partial charge < -0.3 is 10.2 Å². The van der Waals surface area contributed by atoms with Crippen LogP contribution in [-0.4, -0.2) is 44.1 Å². The van der Waals surface area contributed by atoms with E-state index in [1.807, 2.05) is 75.8 Å². The number of carbonyl (C=O) groups excluding carboxylic acids is 1. The van der Waals surface area contributed by atoms with Gasteiger partial charge in [0.25, 0.3) is 11.8 Å². The lowest BCUT2D eigenvalue weighted by Crippen LogP contribution is -2.39. The highest BCUT2D eigenvalue weighted by molar-refractivity contribution is 6.05. The molecule has 0 atom stereocenters. The number of nitrogens with zero attached hydrogens (tertiary/aromatic N) is 5. The van der Waals surface area contributed by atoms with Gasteiger partial charge in [0.2, 0.25) is 0 Å². The molecule has 1 aliphatic rings. The van der Waals surface area contributed by atoms with Crippen LogP contribution in [-0.2, 0) is 0 Å². The first-order valence-electron chi connectivity index (χ1n) is 12.5. The number of amides is 1. The Kier molecular flexibility index (Phi) is 5.90. The molecule has 2 aromatic carbocycles. The highest BCUT2D eigenvalue weighted by atomic mass is 19.3. The maximum Gasteiger partial charge on any atom is 0.255 e. The van der Waals surface area contributed by atoms with E-state index in [2.05, 4.69) is 15.4 Å². The molecule has 6 rings (SSSR count). The second-order valence-corrected chi connectivity index (χ2v) is 9.59. The number of hydrogen-bond acceptors (Lipinski definition) is 4. The summed E-state index contributed by atoms with van der Waals surface area (Å²) in [6, 6.07) is 18.7. The predicted octanol–water partition coefficient (Wildman–Crippen LogP) is 5.98. The molecule has 0 saturated carbocycles. The number of piperidine rings is 1. The van der Waals surface area contributed by atoms with Gasteiger partial charge in [-0.25, -0.2) is 13.3 Å². The molecule has 0 radical (unpaired) electrons. The number of anilines is 2. The first-order chi connectivity index (χ1) is 18.4. The van der Waals surface area contributed by atoms with Crippen molar-refractivity contribution >= 4 is 22.9 Å². The molecule has 38 heavy (non-hydrogen) atoms. The third-order valence-corrected chi connectivity index (χ3v) is 6.97. The summed E-state index contributed by atoms with van der Waals surface area (Å²) in [6.45, 7) is 2.55. The topological polar surface area (TPSA) is 67.5 Å². The molecule has 3 aromatic heterocycles. The van der Waals surface area contributed by atoms with Gasteiger partial charge in [0, 0.05) is 79.3 Å². The number of hydrogen-bond donors (Lipinski definition) is 1. The van der Waals surface area contributed by atoms with E-state index in [1.165, 1.54) is 0 Å². The predicted molar refractivity (Wildman–Crippen MR) is 143 cm³/mol. The van der Waals surface area contributed by atoms with E-state index in [1.54, 1.807) is 30.6 Å². The molecule has 1 fully saturated rings. The molecule has 1 N–H and O–H groups in total. The number of pyridine rings is 1. The van der Waals surface area contributed by atoms with E-state index in [0.717, 1.165) is 33.8 Å². The molecule has 1 amide bonds. The van der Waals surface area contributed by atoms with Gasteiger partial charge >= 0.3 is 0 Å². The van der Waals surface area contributed by atoms with Gasteiger partial charge in [0.15, 0.2) is 0 Å². The van der Waals surface area contributed by atoms with Crippen molar-refractivity contribution in [2.24, 2.45) is 0 Å². The van der Waals surface area contributed by atoms with Crippen LogP contribution in [0.25, 0.3) is 22.6 Å². The summed E-state index contributed by atoms with van der Waals surface area (Å²) in [5.74, 6) is -2.87. The second kappa shape index (κ2) is 9.41. The average Bonchev–Trinajstić information content (AvgIpc) is 3.52. The minimum absolute atomic E-state index is 0.177. The van der Waals surface area contributed by atoms with Crippen LogP contribution in [0.4, 0.5) is 20.2 Å². The van der Waals surface area contributed by atoms with Gasteiger partial charge in [0.05, 0.1) is 11.4 Å². The number of imidazole rings is 1. The fraction of sp³-hybridized carbons (Fsp3) is 0.207. The van der Waals surface area contributed by atoms with E-state index in [4.69, 9.17) is 0 Å². The Morgan fingerprint density at radius 2 is 1.84 bits per heavy atom. The molecule has 0 unspecified atom stereocenters. The highest BCUT2D eigenvalue weighted by Gasteiger charge is 2.34. The lowest BCUT2D eigenvalue weighted by Gasteiger charge is -2.33. The maximum atomic E-state index is 13.6. The molecule has 0 spiro atoms. The van der Waals surface area contributed by atoms with Crippen molar-refractivity contribution in [1.29, 1.82) is 0 Å². The minimum Gasteiger partial charge on any atom is -0.371 e. The number of alkyl halides is 2. The van der Waals surface area contributed by atoms with E-state index in [0.29, 0.717) is 11.3 Å². The fourth-order valence-electron chi connectivity index (χ4n) is 4.83. The summed E-state index contributed by atoms with van der Waals surface area (Å²) in [6.07, 6.45) is 6.99. The summed E-state index contributed by atoms with van der Waals surface area (Å²) in [5.41, 5.74) is 6.49. The lowest BCUT2D eigenvalue weighted by atomic mass is 10.1. The van der Waals surface area contributed by atoms with Gasteiger partial charge in [-0.2, -0.15) is 5.10 Å². The number of rotatable bonds is 5. The summed E-state index contributed by atoms with van der Waals surface area (Å²) >= 11 is 0. The van der Waals surface area contributed by atoms with Gasteiger partial charge in [-0.05, 0) is 55.0 Å². The normalized spacial score (nSPS) is 15.1. The smallest absolute Gasteiger partial charge is 0.255 e. The Bertz CT molecular complexity index is 1610. The number of aromatic nitrogens is 4. The third kappa shape index (κ3) is 4.63. The lowest BCUT2D eigenvalue weighted by molar-refractivity contribution is -0.0220. The van der Waals surface area contributed by atoms with E-state index in [-0.39, 0.29) is 31.8 Å². The Hall–Kier alpha value is -4.53. The SMILES string of the molecule is Cc1ccc(NC(=O)c2cccc(N3CCC(F)(F)CC3)c2)cc1-n1ccn2nc(-c3cccnc3)cc12. The molecule has 4 heterocycles. The van der Waals surface area contributed by atoms with Gasteiger partial charge in [-0.15, -0.1) is 0 Å². The van der Waals surface area contributed by atoms with Crippen LogP contribution < -0.4 is 10.2 Å². The summed E-state index contributed by atoms with van der Waals surface area (Å²) in [5, 5.41) is 7.65. The summed E-state index contributed by atoms with van der Waals surface area (Å²) < 4.78 is 31.0. The van der Waals surface area contributed by atoms with E-state index in [9.17, 15) is 13.6 Å². The van der Waals surface area contributed by atoms with Crippen molar-refractivity contribution in [2.75, 3.05) is 23.3 Å². The van der Waals surface area contributed by atoms with Crippen LogP contribution in [0.3, 0.4) is 0 Å². The number of aryl methyl sites for hydroxylation is 1. The largest absolute Gasteiger partial charge is 0.371 e. The van der Waals surface area contributed by atoms with Crippen molar-refractivity contribution in [3.63, 3.8) is 0 Å². The molecule has 1 aliphatic heterocycles. The van der Waals surface area contributed by atoms with E-state index >= 15 is 0 Å².